The predicted octanol–water partition coefficient (Wildman–Crippen LogP) is 5.55. The molecule has 1 rings (SSSR count). The van der Waals surface area contributed by atoms with E-state index in [1.807, 2.05) is 0 Å². The van der Waals surface area contributed by atoms with Crippen LogP contribution >= 0.6 is 35.7 Å². The minimum Gasteiger partial charge on any atom is -0.462 e. The lowest BCUT2D eigenvalue weighted by molar-refractivity contribution is -0.139. The summed E-state index contributed by atoms with van der Waals surface area (Å²) in [6, 6.07) is 0. The third-order valence-electron chi connectivity index (χ3n) is 3.49. The Labute approximate surface area is 159 Å². The molecule has 1 aromatic rings. The second-order valence-electron chi connectivity index (χ2n) is 5.80. The lowest BCUT2D eigenvalue weighted by Crippen LogP contribution is -2.05. The average molecular weight is 389 g/mol. The van der Waals surface area contributed by atoms with E-state index in [2.05, 4.69) is 29.4 Å². The van der Waals surface area contributed by atoms with Gasteiger partial charge in [0.2, 0.25) is 0 Å². The first kappa shape index (κ1) is 21.5. The van der Waals surface area contributed by atoms with E-state index in [9.17, 15) is 4.79 Å². The Balaban J connectivity index is 1.77. The largest absolute Gasteiger partial charge is 0.462 e. The molecular weight excluding hydrogens is 360 g/mol. The second kappa shape index (κ2) is 13.7. The van der Waals surface area contributed by atoms with E-state index in [0.29, 0.717) is 12.2 Å². The molecule has 0 spiro atoms. The monoisotopic (exact) mass is 388 g/mol. The molecule has 1 heterocycles. The van der Waals surface area contributed by atoms with Crippen LogP contribution in [0.25, 0.3) is 0 Å². The molecule has 136 valence electrons. The van der Waals surface area contributed by atoms with Crippen LogP contribution in [-0.4, -0.2) is 28.5 Å². The van der Waals surface area contributed by atoms with Crippen molar-refractivity contribution in [1.29, 1.82) is 0 Å². The highest BCUT2D eigenvalue weighted by molar-refractivity contribution is 8.01. The molecule has 0 amide bonds. The van der Waals surface area contributed by atoms with Crippen molar-refractivity contribution in [3.05, 3.63) is 12.2 Å². The Bertz CT molecular complexity index is 492. The van der Waals surface area contributed by atoms with Crippen LogP contribution in [0.15, 0.2) is 20.8 Å². The molecule has 24 heavy (non-hydrogen) atoms. The molecule has 0 aliphatic heterocycles. The van der Waals surface area contributed by atoms with Gasteiger partial charge in [0.05, 0.1) is 6.61 Å². The van der Waals surface area contributed by atoms with Gasteiger partial charge in [-0.2, -0.15) is 0 Å². The standard InChI is InChI=1S/C17H28N2O2S3/c1-14(2)15(20)21-12-10-8-6-4-3-5-7-9-11-13-23-17-19-18-16(22)24-17/h1,3-13H2,2H3,(H,18,22). The van der Waals surface area contributed by atoms with Gasteiger partial charge in [0.1, 0.15) is 0 Å². The fourth-order valence-electron chi connectivity index (χ4n) is 2.15. The Morgan fingerprint density at radius 3 is 2.21 bits per heavy atom. The summed E-state index contributed by atoms with van der Waals surface area (Å²) in [4.78, 5) is 11.2. The number of rotatable bonds is 14. The number of ether oxygens (including phenoxy) is 1. The maximum absolute atomic E-state index is 11.2. The van der Waals surface area contributed by atoms with Gasteiger partial charge in [-0.3, -0.25) is 0 Å². The van der Waals surface area contributed by atoms with E-state index in [0.717, 1.165) is 27.3 Å². The molecule has 0 fully saturated rings. The maximum atomic E-state index is 11.2. The van der Waals surface area contributed by atoms with Crippen molar-refractivity contribution in [1.82, 2.24) is 10.2 Å². The molecule has 0 N–H and O–H groups in total. The topological polar surface area (TPSA) is 52.1 Å². The molecule has 4 nitrogen and oxygen atoms in total. The molecule has 0 aromatic carbocycles. The first-order chi connectivity index (χ1) is 11.6. The number of hydrogen-bond donors (Lipinski definition) is 1. The zero-order chi connectivity index (χ0) is 17.6. The van der Waals surface area contributed by atoms with Gasteiger partial charge in [-0.05, 0) is 19.8 Å². The zero-order valence-corrected chi connectivity index (χ0v) is 17.0. The average Bonchev–Trinajstić information content (AvgIpc) is 2.96. The number of esters is 1. The summed E-state index contributed by atoms with van der Waals surface area (Å²) in [7, 11) is 0. The lowest BCUT2D eigenvalue weighted by Gasteiger charge is -2.04. The molecule has 0 radical (unpaired) electrons. The number of hydrogen-bond acceptors (Lipinski definition) is 7. The summed E-state index contributed by atoms with van der Waals surface area (Å²) in [5, 5.41) is 7.94. The quantitative estimate of drug-likeness (QED) is 0.149. The molecule has 0 unspecified atom stereocenters. The normalized spacial score (nSPS) is 10.8. The van der Waals surface area contributed by atoms with Gasteiger partial charge in [-0.25, -0.2) is 4.79 Å². The fourth-order valence-corrected chi connectivity index (χ4v) is 4.30. The highest BCUT2D eigenvalue weighted by Gasteiger charge is 2.02. The van der Waals surface area contributed by atoms with Crippen LogP contribution in [0.4, 0.5) is 0 Å². The van der Waals surface area contributed by atoms with Crippen molar-refractivity contribution >= 4 is 41.7 Å². The Kier molecular flexibility index (Phi) is 12.3. The van der Waals surface area contributed by atoms with Gasteiger partial charge in [-0.15, -0.1) is 22.8 Å². The van der Waals surface area contributed by atoms with Gasteiger partial charge in [-0.1, -0.05) is 74.6 Å². The summed E-state index contributed by atoms with van der Waals surface area (Å²) in [6.45, 7) is 5.76. The second-order valence-corrected chi connectivity index (χ2v) is 8.84. The third kappa shape index (κ3) is 11.1. The molecule has 1 aromatic heterocycles. The number of aromatic nitrogens is 2. The molecule has 0 bridgehead atoms. The lowest BCUT2D eigenvalue weighted by atomic mass is 10.1. The van der Waals surface area contributed by atoms with Crippen LogP contribution in [0.1, 0.15) is 64.7 Å². The van der Waals surface area contributed by atoms with E-state index in [1.165, 1.54) is 44.9 Å². The van der Waals surface area contributed by atoms with Crippen molar-refractivity contribution in [2.45, 2.75) is 73.4 Å². The summed E-state index contributed by atoms with van der Waals surface area (Å²) in [5.41, 5.74) is 0.475. The van der Waals surface area contributed by atoms with Gasteiger partial charge in [0.25, 0.3) is 0 Å². The molecule has 0 saturated carbocycles. The Morgan fingerprint density at radius 2 is 1.67 bits per heavy atom. The maximum Gasteiger partial charge on any atom is 0.333 e. The SMILES string of the molecule is C=C(C)C(=O)OCCCCCCCCCCCSc1nnc(S)s1. The number of thioether (sulfide) groups is 1. The van der Waals surface area contributed by atoms with Crippen LogP contribution in [0.3, 0.4) is 0 Å². The van der Waals surface area contributed by atoms with Crippen molar-refractivity contribution in [2.75, 3.05) is 12.4 Å². The van der Waals surface area contributed by atoms with E-state index < -0.39 is 0 Å². The van der Waals surface area contributed by atoms with Crippen LogP contribution in [0, 0.1) is 0 Å². The summed E-state index contributed by atoms with van der Waals surface area (Å²) >= 11 is 7.49. The minimum atomic E-state index is -0.273. The van der Waals surface area contributed by atoms with Gasteiger partial charge in [0.15, 0.2) is 8.68 Å². The van der Waals surface area contributed by atoms with Crippen LogP contribution in [-0.2, 0) is 9.53 Å². The molecule has 0 aliphatic carbocycles. The number of unbranched alkanes of at least 4 members (excludes halogenated alkanes) is 8. The third-order valence-corrected chi connectivity index (χ3v) is 5.80. The molecule has 0 atom stereocenters. The van der Waals surface area contributed by atoms with Crippen molar-refractivity contribution in [3.8, 4) is 0 Å². The number of thiol groups is 1. The Hall–Kier alpha value is -0.530. The van der Waals surface area contributed by atoms with Crippen LogP contribution < -0.4 is 0 Å². The Morgan fingerprint density at radius 1 is 1.08 bits per heavy atom. The van der Waals surface area contributed by atoms with Crippen molar-refractivity contribution in [2.24, 2.45) is 0 Å². The first-order valence-corrected chi connectivity index (χ1v) is 10.8. The fraction of sp³-hybridized carbons (Fsp3) is 0.706. The summed E-state index contributed by atoms with van der Waals surface area (Å²) < 4.78 is 6.83. The van der Waals surface area contributed by atoms with Crippen molar-refractivity contribution < 1.29 is 9.53 Å². The molecule has 0 aliphatic rings. The van der Waals surface area contributed by atoms with Crippen LogP contribution in [0.2, 0.25) is 0 Å². The van der Waals surface area contributed by atoms with Crippen LogP contribution in [0.5, 0.6) is 0 Å². The number of carbonyl (C=O) groups is 1. The van der Waals surface area contributed by atoms with Gasteiger partial charge in [0, 0.05) is 11.3 Å². The van der Waals surface area contributed by atoms with E-state index in [4.69, 9.17) is 4.74 Å². The molecule has 7 heteroatoms. The first-order valence-electron chi connectivity index (χ1n) is 8.57. The smallest absolute Gasteiger partial charge is 0.333 e. The summed E-state index contributed by atoms with van der Waals surface area (Å²) in [6.07, 6.45) is 11.0. The summed E-state index contributed by atoms with van der Waals surface area (Å²) in [5.74, 6) is 0.844. The van der Waals surface area contributed by atoms with Crippen molar-refractivity contribution in [3.63, 3.8) is 0 Å². The predicted molar refractivity (Wildman–Crippen MR) is 105 cm³/mol. The van der Waals surface area contributed by atoms with E-state index >= 15 is 0 Å². The number of nitrogens with zero attached hydrogens (tertiary/aromatic N) is 2. The molecular formula is C17H28N2O2S3. The minimum absolute atomic E-state index is 0.273. The highest BCUT2D eigenvalue weighted by Crippen LogP contribution is 2.25. The van der Waals surface area contributed by atoms with Gasteiger partial charge >= 0.3 is 5.97 Å². The van der Waals surface area contributed by atoms with Gasteiger partial charge < -0.3 is 4.74 Å². The van der Waals surface area contributed by atoms with E-state index in [-0.39, 0.29) is 5.97 Å². The van der Waals surface area contributed by atoms with E-state index in [1.54, 1.807) is 30.0 Å². The number of carbonyl (C=O) groups excluding carboxylic acids is 1. The molecule has 0 saturated heterocycles. The highest BCUT2D eigenvalue weighted by atomic mass is 32.2. The zero-order valence-electron chi connectivity index (χ0n) is 14.5.